The second kappa shape index (κ2) is 4.63. The summed E-state index contributed by atoms with van der Waals surface area (Å²) in [4.78, 5) is 0. The Hall–Kier alpha value is -1.75. The Morgan fingerprint density at radius 3 is 2.65 bits per heavy atom. The molecule has 0 bridgehead atoms. The van der Waals surface area contributed by atoms with E-state index in [1.807, 2.05) is 38.7 Å². The van der Waals surface area contributed by atoms with E-state index in [1.165, 1.54) is 0 Å². The zero-order valence-electron chi connectivity index (χ0n) is 10.6. The molecule has 0 spiro atoms. The second-order valence-corrected chi connectivity index (χ2v) is 4.13. The fraction of sp³-hybridized carbons (Fsp3) is 0.417. The second-order valence-electron chi connectivity index (χ2n) is 4.13. The molecule has 0 aliphatic heterocycles. The van der Waals surface area contributed by atoms with Crippen molar-refractivity contribution in [3.63, 3.8) is 0 Å². The molecule has 0 saturated heterocycles. The Kier molecular flexibility index (Phi) is 3.19. The van der Waals surface area contributed by atoms with Crippen molar-refractivity contribution in [1.29, 1.82) is 0 Å². The molecule has 0 aliphatic rings. The summed E-state index contributed by atoms with van der Waals surface area (Å²) in [5.41, 5.74) is 4.12. The highest BCUT2D eigenvalue weighted by atomic mass is 15.3. The fourth-order valence-corrected chi connectivity index (χ4v) is 1.99. The molecule has 17 heavy (non-hydrogen) atoms. The summed E-state index contributed by atoms with van der Waals surface area (Å²) < 4.78 is 1.87. The smallest absolute Gasteiger partial charge is 0.0764 e. The zero-order chi connectivity index (χ0) is 12.4. The Labute approximate surface area is 101 Å². The molecule has 1 unspecified atom stereocenters. The normalized spacial score (nSPS) is 12.7. The van der Waals surface area contributed by atoms with Crippen LogP contribution in [0.15, 0.2) is 18.3 Å². The van der Waals surface area contributed by atoms with E-state index in [4.69, 9.17) is 0 Å². The molecule has 5 nitrogen and oxygen atoms in total. The topological polar surface area (TPSA) is 55.6 Å². The van der Waals surface area contributed by atoms with Crippen LogP contribution in [0.25, 0.3) is 0 Å². The third-order valence-corrected chi connectivity index (χ3v) is 2.89. The van der Waals surface area contributed by atoms with Crippen LogP contribution in [0, 0.1) is 13.8 Å². The van der Waals surface area contributed by atoms with E-state index in [1.54, 1.807) is 6.20 Å². The number of aryl methyl sites for hydroxylation is 3. The molecule has 2 rings (SSSR count). The predicted molar refractivity (Wildman–Crippen MR) is 65.6 cm³/mol. The van der Waals surface area contributed by atoms with Crippen molar-refractivity contribution < 1.29 is 0 Å². The van der Waals surface area contributed by atoms with Gasteiger partial charge in [-0.05, 0) is 33.0 Å². The molecule has 0 saturated carbocycles. The molecule has 90 valence electrons. The molecular formula is C12H17N5. The lowest BCUT2D eigenvalue weighted by atomic mass is 10.0. The zero-order valence-corrected chi connectivity index (χ0v) is 10.6. The van der Waals surface area contributed by atoms with E-state index in [0.717, 1.165) is 22.6 Å². The van der Waals surface area contributed by atoms with Crippen LogP contribution >= 0.6 is 0 Å². The molecule has 0 aromatic carbocycles. The van der Waals surface area contributed by atoms with Gasteiger partial charge in [-0.1, -0.05) is 0 Å². The van der Waals surface area contributed by atoms with E-state index in [-0.39, 0.29) is 6.04 Å². The summed E-state index contributed by atoms with van der Waals surface area (Å²) in [7, 11) is 3.88. The first-order valence-electron chi connectivity index (χ1n) is 5.59. The van der Waals surface area contributed by atoms with Gasteiger partial charge in [0.15, 0.2) is 0 Å². The summed E-state index contributed by atoms with van der Waals surface area (Å²) in [6, 6.07) is 4.17. The summed E-state index contributed by atoms with van der Waals surface area (Å²) in [5, 5.41) is 15.7. The number of hydrogen-bond acceptors (Lipinski definition) is 4. The average Bonchev–Trinajstić information content (AvgIpc) is 2.71. The van der Waals surface area contributed by atoms with Crippen LogP contribution in [-0.2, 0) is 7.05 Å². The molecule has 0 fully saturated rings. The van der Waals surface area contributed by atoms with Crippen LogP contribution in [0.5, 0.6) is 0 Å². The van der Waals surface area contributed by atoms with Gasteiger partial charge in [-0.15, -0.1) is 0 Å². The van der Waals surface area contributed by atoms with Crippen LogP contribution in [0.4, 0.5) is 0 Å². The molecule has 2 aromatic rings. The van der Waals surface area contributed by atoms with Crippen LogP contribution in [-0.4, -0.2) is 27.0 Å². The van der Waals surface area contributed by atoms with E-state index in [9.17, 15) is 0 Å². The lowest BCUT2D eigenvalue weighted by Gasteiger charge is -2.18. The third kappa shape index (κ3) is 2.19. The minimum atomic E-state index is 0.0942. The fourth-order valence-electron chi connectivity index (χ4n) is 1.99. The summed E-state index contributed by atoms with van der Waals surface area (Å²) in [6.07, 6.45) is 1.80. The van der Waals surface area contributed by atoms with Crippen LogP contribution < -0.4 is 5.32 Å². The molecule has 2 aromatic heterocycles. The first-order valence-corrected chi connectivity index (χ1v) is 5.59. The van der Waals surface area contributed by atoms with Gasteiger partial charge in [-0.3, -0.25) is 4.68 Å². The molecule has 0 radical (unpaired) electrons. The van der Waals surface area contributed by atoms with E-state index in [2.05, 4.69) is 26.7 Å². The van der Waals surface area contributed by atoms with Gasteiger partial charge in [-0.25, -0.2) is 0 Å². The van der Waals surface area contributed by atoms with Gasteiger partial charge in [0, 0.05) is 18.8 Å². The van der Waals surface area contributed by atoms with Gasteiger partial charge in [0.25, 0.3) is 0 Å². The number of hydrogen-bond donors (Lipinski definition) is 1. The number of nitrogens with zero attached hydrogens (tertiary/aromatic N) is 4. The van der Waals surface area contributed by atoms with Crippen molar-refractivity contribution in [2.24, 2.45) is 7.05 Å². The lowest BCUT2D eigenvalue weighted by molar-refractivity contribution is 0.598. The Morgan fingerprint density at radius 1 is 1.29 bits per heavy atom. The SMILES string of the molecule is CNC(c1cc(C)nnc1C)c1ccnn1C. The minimum Gasteiger partial charge on any atom is -0.308 e. The summed E-state index contributed by atoms with van der Waals surface area (Å²) in [6.45, 7) is 3.92. The van der Waals surface area contributed by atoms with Crippen molar-refractivity contribution in [2.75, 3.05) is 7.05 Å². The molecule has 5 heteroatoms. The van der Waals surface area contributed by atoms with Gasteiger partial charge in [0.1, 0.15) is 0 Å². The minimum absolute atomic E-state index is 0.0942. The van der Waals surface area contributed by atoms with Crippen molar-refractivity contribution in [1.82, 2.24) is 25.3 Å². The quantitative estimate of drug-likeness (QED) is 0.860. The van der Waals surface area contributed by atoms with E-state index < -0.39 is 0 Å². The van der Waals surface area contributed by atoms with Gasteiger partial charge in [-0.2, -0.15) is 15.3 Å². The summed E-state index contributed by atoms with van der Waals surface area (Å²) >= 11 is 0. The van der Waals surface area contributed by atoms with Crippen molar-refractivity contribution in [3.8, 4) is 0 Å². The monoisotopic (exact) mass is 231 g/mol. The Morgan fingerprint density at radius 2 is 2.06 bits per heavy atom. The highest BCUT2D eigenvalue weighted by Crippen LogP contribution is 2.23. The maximum atomic E-state index is 4.20. The maximum Gasteiger partial charge on any atom is 0.0764 e. The van der Waals surface area contributed by atoms with Crippen LogP contribution in [0.1, 0.15) is 28.7 Å². The Balaban J connectivity index is 2.49. The molecule has 1 atom stereocenters. The third-order valence-electron chi connectivity index (χ3n) is 2.89. The van der Waals surface area contributed by atoms with Crippen LogP contribution in [0.3, 0.4) is 0 Å². The van der Waals surface area contributed by atoms with Gasteiger partial charge in [0.2, 0.25) is 0 Å². The number of nitrogens with one attached hydrogen (secondary N) is 1. The van der Waals surface area contributed by atoms with Gasteiger partial charge >= 0.3 is 0 Å². The molecule has 0 amide bonds. The predicted octanol–water partition coefficient (Wildman–Crippen LogP) is 1.14. The number of rotatable bonds is 3. The van der Waals surface area contributed by atoms with Gasteiger partial charge in [0.05, 0.1) is 23.1 Å². The summed E-state index contributed by atoms with van der Waals surface area (Å²) in [5.74, 6) is 0. The number of aromatic nitrogens is 4. The van der Waals surface area contributed by atoms with E-state index in [0.29, 0.717) is 0 Å². The van der Waals surface area contributed by atoms with Gasteiger partial charge < -0.3 is 5.32 Å². The Bertz CT molecular complexity index is 517. The first kappa shape index (κ1) is 11.7. The molecule has 0 aliphatic carbocycles. The van der Waals surface area contributed by atoms with Crippen molar-refractivity contribution in [2.45, 2.75) is 19.9 Å². The van der Waals surface area contributed by atoms with Crippen molar-refractivity contribution >= 4 is 0 Å². The molecular weight excluding hydrogens is 214 g/mol. The van der Waals surface area contributed by atoms with Crippen LogP contribution in [0.2, 0.25) is 0 Å². The first-order chi connectivity index (χ1) is 8.13. The van der Waals surface area contributed by atoms with Crippen molar-refractivity contribution in [3.05, 3.63) is 41.0 Å². The molecule has 1 N–H and O–H groups in total. The average molecular weight is 231 g/mol. The lowest BCUT2D eigenvalue weighted by Crippen LogP contribution is -2.22. The maximum absolute atomic E-state index is 4.20. The van der Waals surface area contributed by atoms with E-state index >= 15 is 0 Å². The highest BCUT2D eigenvalue weighted by molar-refractivity contribution is 5.30. The largest absolute Gasteiger partial charge is 0.308 e. The molecule has 2 heterocycles. The highest BCUT2D eigenvalue weighted by Gasteiger charge is 2.18. The standard InChI is InChI=1S/C12H17N5/c1-8-7-10(9(2)16-15-8)12(13-3)11-5-6-14-17(11)4/h5-7,12-13H,1-4H3.